The topological polar surface area (TPSA) is 79.1 Å². The quantitative estimate of drug-likeness (QED) is 0.765. The molecular weight excluding hydrogens is 240 g/mol. The Hall–Kier alpha value is -1.45. The average molecular weight is 260 g/mol. The summed E-state index contributed by atoms with van der Waals surface area (Å²) in [5.74, 6) is 3.27. The van der Waals surface area contributed by atoms with Crippen molar-refractivity contribution < 1.29 is 9.90 Å². The zero-order chi connectivity index (χ0) is 13.1. The third-order valence-electron chi connectivity index (χ3n) is 5.69. The fraction of sp³-hybridized carbons (Fsp3) is 0.667. The SMILES string of the molecule is Nc1[nH]c(C2C3CC4CC(C3)CC2C4)cc1C(=O)O. The Kier molecular flexibility index (Phi) is 2.26. The molecule has 0 aliphatic heterocycles. The van der Waals surface area contributed by atoms with Crippen LogP contribution in [0.2, 0.25) is 0 Å². The third kappa shape index (κ3) is 1.62. The maximum atomic E-state index is 11.1. The van der Waals surface area contributed by atoms with E-state index in [0.29, 0.717) is 11.7 Å². The van der Waals surface area contributed by atoms with Gasteiger partial charge in [-0.2, -0.15) is 0 Å². The Labute approximate surface area is 112 Å². The predicted molar refractivity (Wildman–Crippen MR) is 72.0 cm³/mol. The summed E-state index contributed by atoms with van der Waals surface area (Å²) < 4.78 is 0. The molecule has 4 saturated carbocycles. The van der Waals surface area contributed by atoms with Crippen LogP contribution in [-0.4, -0.2) is 16.1 Å². The summed E-state index contributed by atoms with van der Waals surface area (Å²) in [5.41, 5.74) is 7.11. The predicted octanol–water partition coefficient (Wildman–Crippen LogP) is 2.83. The Morgan fingerprint density at radius 2 is 1.74 bits per heavy atom. The first-order chi connectivity index (χ1) is 9.11. The number of nitrogen functional groups attached to an aromatic ring is 1. The molecule has 5 rings (SSSR count). The zero-order valence-corrected chi connectivity index (χ0v) is 10.9. The summed E-state index contributed by atoms with van der Waals surface area (Å²) in [6.07, 6.45) is 6.77. The van der Waals surface area contributed by atoms with Crippen LogP contribution in [0.25, 0.3) is 0 Å². The lowest BCUT2D eigenvalue weighted by molar-refractivity contribution is -0.00397. The van der Waals surface area contributed by atoms with Crippen LogP contribution < -0.4 is 5.73 Å². The van der Waals surface area contributed by atoms with Crippen molar-refractivity contribution in [3.05, 3.63) is 17.3 Å². The number of hydrogen-bond acceptors (Lipinski definition) is 2. The molecule has 4 bridgehead atoms. The number of carbonyl (C=O) groups is 1. The highest BCUT2D eigenvalue weighted by Gasteiger charge is 2.49. The molecule has 19 heavy (non-hydrogen) atoms. The second kappa shape index (κ2) is 3.78. The van der Waals surface area contributed by atoms with Gasteiger partial charge < -0.3 is 15.8 Å². The first kappa shape index (κ1) is 11.4. The largest absolute Gasteiger partial charge is 0.478 e. The van der Waals surface area contributed by atoms with Gasteiger partial charge >= 0.3 is 5.97 Å². The van der Waals surface area contributed by atoms with Gasteiger partial charge in [-0.05, 0) is 61.8 Å². The van der Waals surface area contributed by atoms with Crippen molar-refractivity contribution >= 4 is 11.8 Å². The van der Waals surface area contributed by atoms with Gasteiger partial charge in [0.2, 0.25) is 0 Å². The van der Waals surface area contributed by atoms with Crippen molar-refractivity contribution in [2.75, 3.05) is 5.73 Å². The van der Waals surface area contributed by atoms with E-state index in [1.165, 1.54) is 32.1 Å². The normalized spacial score (nSPS) is 39.7. The van der Waals surface area contributed by atoms with Crippen molar-refractivity contribution in [2.24, 2.45) is 23.7 Å². The molecule has 102 valence electrons. The van der Waals surface area contributed by atoms with Crippen LogP contribution in [0.5, 0.6) is 0 Å². The van der Waals surface area contributed by atoms with Gasteiger partial charge in [0.25, 0.3) is 0 Å². The molecule has 4 N–H and O–H groups in total. The molecule has 1 aromatic rings. The lowest BCUT2D eigenvalue weighted by Gasteiger charge is -2.54. The summed E-state index contributed by atoms with van der Waals surface area (Å²) in [7, 11) is 0. The number of aromatic carboxylic acids is 1. The number of hydrogen-bond donors (Lipinski definition) is 3. The van der Waals surface area contributed by atoms with Gasteiger partial charge in [-0.1, -0.05) is 0 Å². The number of carboxylic acids is 1. The molecule has 0 aromatic carbocycles. The fourth-order valence-corrected chi connectivity index (χ4v) is 5.28. The van der Waals surface area contributed by atoms with Gasteiger partial charge in [-0.3, -0.25) is 0 Å². The number of rotatable bonds is 2. The molecule has 1 aromatic heterocycles. The number of anilines is 1. The van der Waals surface area contributed by atoms with Crippen LogP contribution in [-0.2, 0) is 0 Å². The first-order valence-electron chi connectivity index (χ1n) is 7.33. The summed E-state index contributed by atoms with van der Waals surface area (Å²) in [6, 6.07) is 1.78. The standard InChI is InChI=1S/C15H20N2O2/c16-14-11(15(18)19)6-12(17-14)13-9-2-7-1-8(4-9)5-10(13)3-7/h6-10,13,17H,1-5,16H2,(H,18,19). The monoisotopic (exact) mass is 260 g/mol. The van der Waals surface area contributed by atoms with Gasteiger partial charge in [0.05, 0.1) is 0 Å². The second-order valence-corrected chi connectivity index (χ2v) is 6.81. The molecule has 4 aliphatic rings. The van der Waals surface area contributed by atoms with Gasteiger partial charge in [-0.25, -0.2) is 4.79 Å². The van der Waals surface area contributed by atoms with E-state index in [4.69, 9.17) is 10.8 Å². The van der Waals surface area contributed by atoms with E-state index in [9.17, 15) is 4.79 Å². The van der Waals surface area contributed by atoms with Crippen LogP contribution in [0.3, 0.4) is 0 Å². The van der Waals surface area contributed by atoms with Crippen molar-refractivity contribution in [1.82, 2.24) is 4.98 Å². The summed E-state index contributed by atoms with van der Waals surface area (Å²) in [6.45, 7) is 0. The van der Waals surface area contributed by atoms with Crippen molar-refractivity contribution in [1.29, 1.82) is 0 Å². The summed E-state index contributed by atoms with van der Waals surface area (Å²) in [5, 5.41) is 9.13. The van der Waals surface area contributed by atoms with E-state index in [-0.39, 0.29) is 5.56 Å². The van der Waals surface area contributed by atoms with E-state index in [1.54, 1.807) is 6.07 Å². The molecule has 4 aliphatic carbocycles. The Bertz CT molecular complexity index is 506. The average Bonchev–Trinajstić information content (AvgIpc) is 2.69. The highest BCUT2D eigenvalue weighted by molar-refractivity contribution is 5.93. The van der Waals surface area contributed by atoms with Gasteiger partial charge in [-0.15, -0.1) is 0 Å². The summed E-state index contributed by atoms with van der Waals surface area (Å²) in [4.78, 5) is 14.3. The highest BCUT2D eigenvalue weighted by atomic mass is 16.4. The van der Waals surface area contributed by atoms with Gasteiger partial charge in [0, 0.05) is 11.6 Å². The van der Waals surface area contributed by atoms with Crippen LogP contribution in [0.4, 0.5) is 5.82 Å². The molecule has 1 heterocycles. The number of aromatic nitrogens is 1. The molecule has 4 heteroatoms. The van der Waals surface area contributed by atoms with Crippen LogP contribution in [0.15, 0.2) is 6.07 Å². The molecule has 4 nitrogen and oxygen atoms in total. The highest BCUT2D eigenvalue weighted by Crippen LogP contribution is 2.59. The van der Waals surface area contributed by atoms with Crippen molar-refractivity contribution in [3.8, 4) is 0 Å². The number of nitrogens with one attached hydrogen (secondary N) is 1. The van der Waals surface area contributed by atoms with E-state index in [0.717, 1.165) is 29.4 Å². The lowest BCUT2D eigenvalue weighted by Crippen LogP contribution is -2.43. The zero-order valence-electron chi connectivity index (χ0n) is 10.9. The van der Waals surface area contributed by atoms with Crippen LogP contribution in [0.1, 0.15) is 54.1 Å². The first-order valence-corrected chi connectivity index (χ1v) is 7.33. The van der Waals surface area contributed by atoms with Crippen molar-refractivity contribution in [2.45, 2.75) is 38.0 Å². The molecular formula is C15H20N2O2. The minimum atomic E-state index is -0.927. The van der Waals surface area contributed by atoms with Gasteiger partial charge in [0.1, 0.15) is 11.4 Å². The Balaban J connectivity index is 1.69. The Morgan fingerprint density at radius 1 is 1.16 bits per heavy atom. The number of aromatic amines is 1. The minimum Gasteiger partial charge on any atom is -0.478 e. The molecule has 0 radical (unpaired) electrons. The molecule has 0 spiro atoms. The Morgan fingerprint density at radius 3 is 2.21 bits per heavy atom. The van der Waals surface area contributed by atoms with E-state index >= 15 is 0 Å². The van der Waals surface area contributed by atoms with Crippen LogP contribution in [0, 0.1) is 23.7 Å². The van der Waals surface area contributed by atoms with E-state index in [1.807, 2.05) is 0 Å². The fourth-order valence-electron chi connectivity index (χ4n) is 5.28. The number of H-pyrrole nitrogens is 1. The lowest BCUT2D eigenvalue weighted by atomic mass is 9.51. The molecule has 4 fully saturated rings. The van der Waals surface area contributed by atoms with Gasteiger partial charge in [0.15, 0.2) is 0 Å². The molecule has 0 amide bonds. The third-order valence-corrected chi connectivity index (χ3v) is 5.69. The maximum absolute atomic E-state index is 11.1. The second-order valence-electron chi connectivity index (χ2n) is 6.81. The van der Waals surface area contributed by atoms with Crippen LogP contribution >= 0.6 is 0 Å². The summed E-state index contributed by atoms with van der Waals surface area (Å²) >= 11 is 0. The number of carboxylic acid groups (broad SMARTS) is 1. The van der Waals surface area contributed by atoms with Crippen molar-refractivity contribution in [3.63, 3.8) is 0 Å². The number of nitrogens with two attached hydrogens (primary N) is 1. The van der Waals surface area contributed by atoms with E-state index < -0.39 is 5.97 Å². The molecule has 0 atom stereocenters. The molecule has 0 unspecified atom stereocenters. The maximum Gasteiger partial charge on any atom is 0.339 e. The smallest absolute Gasteiger partial charge is 0.339 e. The van der Waals surface area contributed by atoms with E-state index in [2.05, 4.69) is 4.98 Å². The minimum absolute atomic E-state index is 0.240. The molecule has 0 saturated heterocycles.